The number of hydrogen-bond donors (Lipinski definition) is 7. The molecule has 2 saturated heterocycles. The van der Waals surface area contributed by atoms with Crippen molar-refractivity contribution in [1.82, 2.24) is 9.55 Å². The van der Waals surface area contributed by atoms with E-state index < -0.39 is 120 Å². The zero-order chi connectivity index (χ0) is 54.5. The summed E-state index contributed by atoms with van der Waals surface area (Å²) in [4.78, 5) is 78.6. The number of nitrogen functional groups attached to an aromatic ring is 1. The second kappa shape index (κ2) is 35.5. The van der Waals surface area contributed by atoms with E-state index >= 15 is 0 Å². The van der Waals surface area contributed by atoms with Crippen molar-refractivity contribution in [2.45, 2.75) is 231 Å². The van der Waals surface area contributed by atoms with Gasteiger partial charge in [-0.2, -0.15) is 9.29 Å². The Kier molecular flexibility index (Phi) is 31.4. The van der Waals surface area contributed by atoms with Crippen LogP contribution in [0.3, 0.4) is 0 Å². The Morgan fingerprint density at radius 1 is 0.824 bits per heavy atom. The number of aliphatic hydroxyl groups excluding tert-OH is 4. The highest BCUT2D eigenvalue weighted by Gasteiger charge is 2.45. The lowest BCUT2D eigenvalue weighted by Gasteiger charge is -2.38. The van der Waals surface area contributed by atoms with Gasteiger partial charge in [0.15, 0.2) is 6.10 Å². The number of Topliss-reactive ketones (excluding diaryl/α,β-unsaturated/α-hetero) is 1. The molecule has 0 amide bonds. The van der Waals surface area contributed by atoms with Crippen molar-refractivity contribution in [2.75, 3.05) is 25.6 Å². The zero-order valence-electron chi connectivity index (χ0n) is 44.0. The van der Waals surface area contributed by atoms with Gasteiger partial charge in [0.05, 0.1) is 37.4 Å². The third-order valence-corrected chi connectivity index (χ3v) is 16.0. The van der Waals surface area contributed by atoms with E-state index in [2.05, 4.69) is 23.1 Å². The van der Waals surface area contributed by atoms with Crippen LogP contribution in [0.5, 0.6) is 0 Å². The average Bonchev–Trinajstić information content (AvgIpc) is 3.32. The normalized spacial score (nSPS) is 29.2. The highest BCUT2D eigenvalue weighted by atomic mass is 31.3. The molecule has 0 saturated carbocycles. The summed E-state index contributed by atoms with van der Waals surface area (Å²) < 4.78 is 59.1. The molecule has 426 valence electrons. The molecule has 2 bridgehead atoms. The summed E-state index contributed by atoms with van der Waals surface area (Å²) in [6, 6.07) is 1.23. The number of carbonyl (C=O) groups is 3. The number of carbonyl (C=O) groups excluding carboxylic acids is 3. The Bertz CT molecular complexity index is 1970. The maximum Gasteiger partial charge on any atom is 0.481 e. The van der Waals surface area contributed by atoms with Crippen molar-refractivity contribution in [2.24, 2.45) is 17.8 Å². The lowest BCUT2D eigenvalue weighted by atomic mass is 9.83. The van der Waals surface area contributed by atoms with Gasteiger partial charge in [-0.3, -0.25) is 28.0 Å². The number of nitrogens with two attached hydrogens (primary N) is 1. The number of ketones is 1. The largest absolute Gasteiger partial charge is 0.481 e. The van der Waals surface area contributed by atoms with Gasteiger partial charge in [0, 0.05) is 31.4 Å². The Morgan fingerprint density at radius 2 is 1.42 bits per heavy atom. The highest BCUT2D eigenvalue weighted by Crippen LogP contribution is 2.60. The standard InChI is InChI=1S/C51H89N3O18P2/c1-4-5-19-25-38(55)29-30-40-42(56)33-43(57)41-26-21-17-18-22-27-46(58)67-34-39(70-47(59)28-23-16-14-12-10-8-6-7-9-11-13-15-20-24-37(2)3)35-68-73(63,64)72-74(65,66)69-36-44(49(61)48(40)60)71-50(41)54-32-31-45(52)53-51(54)62/h29-32,37-42,44,48-50,55-56,60-61H,4-28,33-36H2,1-3H3,(H,63,64)(H,65,66)(H2,52,53,62)/b30-29+/t38-,39+,40-,41-,42+,44+,48-,49+,50+/m0/s1. The van der Waals surface area contributed by atoms with E-state index in [0.717, 1.165) is 49.0 Å². The number of unbranched alkanes of at least 4 members (excludes halogenated alkanes) is 14. The number of ether oxygens (including phenoxy) is 3. The molecule has 2 aliphatic heterocycles. The molecule has 11 atom stereocenters. The first-order valence-electron chi connectivity index (χ1n) is 27.2. The van der Waals surface area contributed by atoms with Crippen LogP contribution >= 0.6 is 15.6 Å². The van der Waals surface area contributed by atoms with E-state index in [9.17, 15) is 58.5 Å². The van der Waals surface area contributed by atoms with Gasteiger partial charge in [-0.05, 0) is 37.7 Å². The van der Waals surface area contributed by atoms with Gasteiger partial charge in [0.25, 0.3) is 0 Å². The Hall–Kier alpha value is -2.91. The number of cyclic esters (lactones) is 1. The second-order valence-electron chi connectivity index (χ2n) is 20.3. The summed E-state index contributed by atoms with van der Waals surface area (Å²) in [5, 5.41) is 45.6. The van der Waals surface area contributed by atoms with Gasteiger partial charge in [0.2, 0.25) is 0 Å². The number of anilines is 1. The first kappa shape index (κ1) is 65.4. The quantitative estimate of drug-likeness (QED) is 0.0223. The third-order valence-electron chi connectivity index (χ3n) is 13.4. The SMILES string of the molecule is CCCCC[C@H](O)/C=C/[C@@H]1[C@H](O)[C@H](O)[C@H]2COP(=O)(O)OP(=O)(O)OC[C@H](OC(=O)CCCCCCCCCCCCCCCC(C)C)COC(=O)CCCCCC[C@@H](C(=O)C[C@H]1O)[C@H](n1ccc(N)nc1=O)O2. The molecule has 2 unspecified atom stereocenters. The van der Waals surface area contributed by atoms with Gasteiger partial charge in [-0.1, -0.05) is 155 Å². The monoisotopic (exact) mass is 1090 g/mol. The smallest absolute Gasteiger partial charge is 0.462 e. The molecule has 1 aromatic rings. The molecule has 23 heteroatoms. The molecular weight excluding hydrogens is 1000 g/mol. The maximum atomic E-state index is 14.3. The van der Waals surface area contributed by atoms with Crippen LogP contribution in [0.1, 0.15) is 194 Å². The molecule has 8 N–H and O–H groups in total. The zero-order valence-corrected chi connectivity index (χ0v) is 45.8. The van der Waals surface area contributed by atoms with Crippen molar-refractivity contribution < 1.29 is 81.3 Å². The molecule has 74 heavy (non-hydrogen) atoms. The number of rotatable bonds is 24. The van der Waals surface area contributed by atoms with Crippen LogP contribution in [0.25, 0.3) is 0 Å². The third kappa shape index (κ3) is 26.4. The van der Waals surface area contributed by atoms with Crippen molar-refractivity contribution in [3.8, 4) is 0 Å². The minimum absolute atomic E-state index is 0.000935. The molecule has 2 fully saturated rings. The summed E-state index contributed by atoms with van der Waals surface area (Å²) in [5.41, 5.74) is 4.76. The van der Waals surface area contributed by atoms with Crippen LogP contribution in [-0.4, -0.2) is 114 Å². The Balaban J connectivity index is 1.76. The van der Waals surface area contributed by atoms with E-state index in [1.54, 1.807) is 0 Å². The predicted molar refractivity (Wildman–Crippen MR) is 276 cm³/mol. The number of fused-ring (bicyclic) bond motifs is 3. The second-order valence-corrected chi connectivity index (χ2v) is 23.4. The van der Waals surface area contributed by atoms with Crippen molar-refractivity contribution in [3.63, 3.8) is 0 Å². The van der Waals surface area contributed by atoms with Gasteiger partial charge >= 0.3 is 33.3 Å². The Labute approximate surface area is 437 Å². The molecule has 0 aromatic carbocycles. The number of aromatic nitrogens is 2. The van der Waals surface area contributed by atoms with E-state index in [4.69, 9.17) is 29.0 Å². The van der Waals surface area contributed by atoms with Gasteiger partial charge in [-0.25, -0.2) is 13.9 Å². The Morgan fingerprint density at radius 3 is 2.04 bits per heavy atom. The number of phosphoric acid groups is 2. The van der Waals surface area contributed by atoms with Crippen LogP contribution in [-0.2, 0) is 51.1 Å². The molecule has 0 spiro atoms. The van der Waals surface area contributed by atoms with Gasteiger partial charge in [0.1, 0.15) is 36.6 Å². The van der Waals surface area contributed by atoms with E-state index in [1.165, 1.54) is 82.2 Å². The maximum absolute atomic E-state index is 14.3. The fourth-order valence-electron chi connectivity index (χ4n) is 9.10. The summed E-state index contributed by atoms with van der Waals surface area (Å²) in [7, 11) is -11.3. The first-order valence-corrected chi connectivity index (χ1v) is 30.2. The average molecular weight is 1090 g/mol. The predicted octanol–water partition coefficient (Wildman–Crippen LogP) is 8.06. The lowest BCUT2D eigenvalue weighted by molar-refractivity contribution is -0.184. The number of hydrogen-bond acceptors (Lipinski definition) is 18. The summed E-state index contributed by atoms with van der Waals surface area (Å²) in [6.07, 6.45) is 11.2. The lowest BCUT2D eigenvalue weighted by Crippen LogP contribution is -2.51. The van der Waals surface area contributed by atoms with Gasteiger partial charge < -0.3 is 50.2 Å². The van der Waals surface area contributed by atoms with E-state index in [1.807, 2.05) is 6.92 Å². The number of aliphatic hydroxyl groups is 4. The first-order chi connectivity index (χ1) is 35.2. The van der Waals surface area contributed by atoms with Crippen LogP contribution in [0.4, 0.5) is 5.82 Å². The van der Waals surface area contributed by atoms with Crippen LogP contribution < -0.4 is 11.4 Å². The van der Waals surface area contributed by atoms with Gasteiger partial charge in [-0.15, -0.1) is 0 Å². The molecule has 3 rings (SSSR count). The fourth-order valence-corrected chi connectivity index (χ4v) is 11.2. The van der Waals surface area contributed by atoms with Crippen molar-refractivity contribution in [1.29, 1.82) is 0 Å². The van der Waals surface area contributed by atoms with E-state index in [-0.39, 0.29) is 25.1 Å². The molecule has 3 heterocycles. The summed E-state index contributed by atoms with van der Waals surface area (Å²) >= 11 is 0. The van der Waals surface area contributed by atoms with Crippen LogP contribution in [0, 0.1) is 17.8 Å². The topological polar surface area (TPSA) is 323 Å². The van der Waals surface area contributed by atoms with E-state index in [0.29, 0.717) is 44.9 Å². The molecule has 1 aromatic heterocycles. The molecule has 0 aliphatic carbocycles. The molecule has 0 radical (unpaired) electrons. The van der Waals surface area contributed by atoms with Crippen LogP contribution in [0.15, 0.2) is 29.2 Å². The number of phosphoric ester groups is 2. The number of nitrogens with zero attached hydrogens (tertiary/aromatic N) is 2. The van der Waals surface area contributed by atoms with Crippen LogP contribution in [0.2, 0.25) is 0 Å². The molecular formula is C51H89N3O18P2. The van der Waals surface area contributed by atoms with Crippen molar-refractivity contribution >= 4 is 39.2 Å². The summed E-state index contributed by atoms with van der Waals surface area (Å²) in [6.45, 7) is 3.80. The number of esters is 2. The van der Waals surface area contributed by atoms with Crippen molar-refractivity contribution in [3.05, 3.63) is 34.9 Å². The molecule has 2 aliphatic rings. The molecule has 21 nitrogen and oxygen atoms in total. The summed E-state index contributed by atoms with van der Waals surface area (Å²) in [5.74, 6) is -4.16. The fraction of sp³-hybridized carbons (Fsp3) is 0.824. The minimum Gasteiger partial charge on any atom is -0.462 e. The highest BCUT2D eigenvalue weighted by molar-refractivity contribution is 7.61. The minimum atomic E-state index is -5.71.